The predicted molar refractivity (Wildman–Crippen MR) is 64.0 cm³/mol. The highest BCUT2D eigenvalue weighted by molar-refractivity contribution is 5.75. The van der Waals surface area contributed by atoms with E-state index in [1.807, 2.05) is 11.8 Å². The zero-order valence-electron chi connectivity index (χ0n) is 10.2. The smallest absolute Gasteiger partial charge is 0.244 e. The Morgan fingerprint density at radius 3 is 2.88 bits per heavy atom. The average molecular weight is 237 g/mol. The van der Waals surface area contributed by atoms with E-state index in [-0.39, 0.29) is 18.4 Å². The number of anilines is 1. The summed E-state index contributed by atoms with van der Waals surface area (Å²) in [6.07, 6.45) is 5.29. The fourth-order valence-electron chi connectivity index (χ4n) is 2.02. The van der Waals surface area contributed by atoms with Gasteiger partial charge in [-0.2, -0.15) is 0 Å². The minimum Gasteiger partial charge on any atom is -0.367 e. The molecule has 0 saturated heterocycles. The van der Waals surface area contributed by atoms with E-state index in [4.69, 9.17) is 5.73 Å². The Hall–Kier alpha value is -1.59. The van der Waals surface area contributed by atoms with Crippen molar-refractivity contribution in [2.45, 2.75) is 32.7 Å². The first-order chi connectivity index (χ1) is 8.19. The summed E-state index contributed by atoms with van der Waals surface area (Å²) in [4.78, 5) is 17.7. The van der Waals surface area contributed by atoms with E-state index in [1.165, 1.54) is 30.3 Å². The van der Waals surface area contributed by atoms with E-state index >= 15 is 0 Å². The second kappa shape index (κ2) is 5.16. The van der Waals surface area contributed by atoms with Gasteiger partial charge in [0.25, 0.3) is 0 Å². The van der Waals surface area contributed by atoms with Gasteiger partial charge < -0.3 is 10.6 Å². The van der Waals surface area contributed by atoms with Crippen LogP contribution in [-0.2, 0) is 11.3 Å². The molecule has 1 amide bonds. The Labute approximate surface area is 101 Å². The number of nitrogens with two attached hydrogens (primary N) is 1. The van der Waals surface area contributed by atoms with Crippen LogP contribution in [0.4, 0.5) is 5.95 Å². The van der Waals surface area contributed by atoms with Crippen LogP contribution in [0.15, 0.2) is 6.33 Å². The fourth-order valence-corrected chi connectivity index (χ4v) is 2.02. The lowest BCUT2D eigenvalue weighted by molar-refractivity contribution is -0.132. The molecule has 0 radical (unpaired) electrons. The zero-order chi connectivity index (χ0) is 12.3. The lowest BCUT2D eigenvalue weighted by Crippen LogP contribution is -2.39. The van der Waals surface area contributed by atoms with Crippen molar-refractivity contribution in [3.8, 4) is 0 Å². The molecule has 0 bridgehead atoms. The molecule has 6 nitrogen and oxygen atoms in total. The van der Waals surface area contributed by atoms with Crippen molar-refractivity contribution in [1.82, 2.24) is 19.7 Å². The largest absolute Gasteiger partial charge is 0.367 e. The first-order valence-electron chi connectivity index (χ1n) is 6.11. The van der Waals surface area contributed by atoms with Crippen LogP contribution in [0, 0.1) is 5.92 Å². The predicted octanol–water partition coefficient (Wildman–Crippen LogP) is 0.509. The summed E-state index contributed by atoms with van der Waals surface area (Å²) in [5.41, 5.74) is 5.41. The van der Waals surface area contributed by atoms with Gasteiger partial charge in [0.2, 0.25) is 11.9 Å². The van der Waals surface area contributed by atoms with Gasteiger partial charge in [-0.25, -0.2) is 9.67 Å². The van der Waals surface area contributed by atoms with Crippen molar-refractivity contribution < 1.29 is 4.79 Å². The summed E-state index contributed by atoms with van der Waals surface area (Å²) in [5.74, 6) is 0.990. The SMILES string of the molecule is CCN(CC1CCC1)C(=O)Cn1cnc(N)n1. The molecule has 1 fully saturated rings. The van der Waals surface area contributed by atoms with Crippen molar-refractivity contribution in [2.75, 3.05) is 18.8 Å². The minimum absolute atomic E-state index is 0.0873. The van der Waals surface area contributed by atoms with Crippen molar-refractivity contribution in [3.63, 3.8) is 0 Å². The molecule has 0 aromatic carbocycles. The summed E-state index contributed by atoms with van der Waals surface area (Å²) in [7, 11) is 0. The molecule has 0 aliphatic heterocycles. The molecule has 1 heterocycles. The van der Waals surface area contributed by atoms with E-state index in [0.717, 1.165) is 13.1 Å². The van der Waals surface area contributed by atoms with Gasteiger partial charge in [-0.15, -0.1) is 5.10 Å². The van der Waals surface area contributed by atoms with Gasteiger partial charge in [-0.05, 0) is 25.7 Å². The number of aromatic nitrogens is 3. The number of hydrogen-bond donors (Lipinski definition) is 1. The number of nitrogens with zero attached hydrogens (tertiary/aromatic N) is 4. The summed E-state index contributed by atoms with van der Waals surface area (Å²) in [6.45, 7) is 3.86. The molecule has 1 saturated carbocycles. The highest BCUT2D eigenvalue weighted by Gasteiger charge is 2.22. The van der Waals surface area contributed by atoms with E-state index in [9.17, 15) is 4.79 Å². The number of likely N-dealkylation sites (N-methyl/N-ethyl adjacent to an activating group) is 1. The van der Waals surface area contributed by atoms with Crippen molar-refractivity contribution in [1.29, 1.82) is 0 Å². The number of carbonyl (C=O) groups excluding carboxylic acids is 1. The molecular weight excluding hydrogens is 218 g/mol. The van der Waals surface area contributed by atoms with Crippen LogP contribution in [-0.4, -0.2) is 38.7 Å². The van der Waals surface area contributed by atoms with Gasteiger partial charge in [0, 0.05) is 13.1 Å². The molecule has 94 valence electrons. The lowest BCUT2D eigenvalue weighted by atomic mass is 9.85. The van der Waals surface area contributed by atoms with Gasteiger partial charge in [0.05, 0.1) is 0 Å². The zero-order valence-corrected chi connectivity index (χ0v) is 10.2. The third-order valence-corrected chi connectivity index (χ3v) is 3.29. The summed E-state index contributed by atoms with van der Waals surface area (Å²) in [6, 6.07) is 0. The molecule has 1 aromatic rings. The average Bonchev–Trinajstić information content (AvgIpc) is 2.62. The molecule has 0 spiro atoms. The van der Waals surface area contributed by atoms with Gasteiger partial charge in [0.1, 0.15) is 12.9 Å². The number of hydrogen-bond acceptors (Lipinski definition) is 4. The molecule has 2 N–H and O–H groups in total. The lowest BCUT2D eigenvalue weighted by Gasteiger charge is -2.31. The number of amides is 1. The van der Waals surface area contributed by atoms with E-state index in [2.05, 4.69) is 10.1 Å². The van der Waals surface area contributed by atoms with Gasteiger partial charge in [-0.1, -0.05) is 6.42 Å². The van der Waals surface area contributed by atoms with Crippen LogP contribution in [0.1, 0.15) is 26.2 Å². The van der Waals surface area contributed by atoms with Crippen LogP contribution in [0.3, 0.4) is 0 Å². The Kier molecular flexibility index (Phi) is 3.61. The van der Waals surface area contributed by atoms with Crippen molar-refractivity contribution >= 4 is 11.9 Å². The summed E-state index contributed by atoms with van der Waals surface area (Å²) >= 11 is 0. The molecule has 0 unspecified atom stereocenters. The number of carbonyl (C=O) groups is 1. The van der Waals surface area contributed by atoms with Crippen LogP contribution >= 0.6 is 0 Å². The molecule has 1 aliphatic rings. The molecular formula is C11H19N5O. The Balaban J connectivity index is 1.87. The Bertz CT molecular complexity index is 385. The Morgan fingerprint density at radius 2 is 2.41 bits per heavy atom. The maximum atomic E-state index is 12.0. The molecule has 1 aromatic heterocycles. The summed E-state index contributed by atoms with van der Waals surface area (Å²) < 4.78 is 1.49. The normalized spacial score (nSPS) is 15.6. The maximum Gasteiger partial charge on any atom is 0.244 e. The quantitative estimate of drug-likeness (QED) is 0.809. The molecule has 0 atom stereocenters. The standard InChI is InChI=1S/C11H19N5O/c1-2-15(6-9-4-3-5-9)10(17)7-16-8-13-11(12)14-16/h8-9H,2-7H2,1H3,(H2,12,14). The highest BCUT2D eigenvalue weighted by atomic mass is 16.2. The number of rotatable bonds is 5. The molecule has 1 aliphatic carbocycles. The number of nitrogen functional groups attached to an aromatic ring is 1. The topological polar surface area (TPSA) is 77.0 Å². The Morgan fingerprint density at radius 1 is 1.65 bits per heavy atom. The van der Waals surface area contributed by atoms with Gasteiger partial charge in [0.15, 0.2) is 0 Å². The van der Waals surface area contributed by atoms with Gasteiger partial charge >= 0.3 is 0 Å². The summed E-state index contributed by atoms with van der Waals surface area (Å²) in [5, 5.41) is 3.92. The van der Waals surface area contributed by atoms with Crippen LogP contribution in [0.5, 0.6) is 0 Å². The molecule has 2 rings (SSSR count). The van der Waals surface area contributed by atoms with E-state index in [0.29, 0.717) is 5.92 Å². The van der Waals surface area contributed by atoms with Crippen LogP contribution < -0.4 is 5.73 Å². The monoisotopic (exact) mass is 237 g/mol. The van der Waals surface area contributed by atoms with Crippen molar-refractivity contribution in [2.24, 2.45) is 5.92 Å². The molecule has 6 heteroatoms. The van der Waals surface area contributed by atoms with Crippen LogP contribution in [0.2, 0.25) is 0 Å². The van der Waals surface area contributed by atoms with Crippen molar-refractivity contribution in [3.05, 3.63) is 6.33 Å². The fraction of sp³-hybridized carbons (Fsp3) is 0.727. The maximum absolute atomic E-state index is 12.0. The second-order valence-corrected chi connectivity index (χ2v) is 4.53. The van der Waals surface area contributed by atoms with Crippen LogP contribution in [0.25, 0.3) is 0 Å². The van der Waals surface area contributed by atoms with Gasteiger partial charge in [-0.3, -0.25) is 4.79 Å². The van der Waals surface area contributed by atoms with E-state index < -0.39 is 0 Å². The first kappa shape index (κ1) is 11.9. The second-order valence-electron chi connectivity index (χ2n) is 4.53. The third kappa shape index (κ3) is 2.95. The third-order valence-electron chi connectivity index (χ3n) is 3.29. The van der Waals surface area contributed by atoms with E-state index in [1.54, 1.807) is 0 Å². The highest BCUT2D eigenvalue weighted by Crippen LogP contribution is 2.27. The first-order valence-corrected chi connectivity index (χ1v) is 6.11. The minimum atomic E-state index is 0.0873. The molecule has 17 heavy (non-hydrogen) atoms.